The van der Waals surface area contributed by atoms with Crippen molar-refractivity contribution in [3.63, 3.8) is 0 Å². The Kier molecular flexibility index (Phi) is 4.42. The Bertz CT molecular complexity index is 779. The Hall–Kier alpha value is -2.01. The number of halogens is 1. The van der Waals surface area contributed by atoms with E-state index in [9.17, 15) is 0 Å². The van der Waals surface area contributed by atoms with Gasteiger partial charge in [-0.05, 0) is 43.9 Å². The quantitative estimate of drug-likeness (QED) is 0.742. The fourth-order valence-electron chi connectivity index (χ4n) is 3.56. The number of hydrogen-bond donors (Lipinski definition) is 0. The minimum Gasteiger partial charge on any atom is -0.497 e. The second-order valence-electron chi connectivity index (χ2n) is 6.64. The molecule has 1 saturated heterocycles. The Morgan fingerprint density at radius 2 is 1.92 bits per heavy atom. The van der Waals surface area contributed by atoms with Crippen LogP contribution < -0.4 is 14.4 Å². The van der Waals surface area contributed by atoms with Crippen LogP contribution in [0.5, 0.6) is 11.5 Å². The first-order valence-corrected chi connectivity index (χ1v) is 9.10. The van der Waals surface area contributed by atoms with Crippen molar-refractivity contribution in [3.05, 3.63) is 40.8 Å². The summed E-state index contributed by atoms with van der Waals surface area (Å²) in [7, 11) is 3.39. The molecule has 0 amide bonds. The van der Waals surface area contributed by atoms with E-state index in [-0.39, 0.29) is 6.04 Å². The topological polar surface area (TPSA) is 47.5 Å². The molecular formula is C19H22ClN3O2. The maximum absolute atomic E-state index is 6.28. The van der Waals surface area contributed by atoms with Gasteiger partial charge >= 0.3 is 0 Å². The molecule has 0 N–H and O–H groups in total. The van der Waals surface area contributed by atoms with Gasteiger partial charge in [0.1, 0.15) is 28.3 Å². The van der Waals surface area contributed by atoms with E-state index in [2.05, 4.69) is 16.0 Å². The van der Waals surface area contributed by atoms with Gasteiger partial charge in [0.05, 0.1) is 20.3 Å². The average Bonchev–Trinajstić information content (AvgIpc) is 3.37. The summed E-state index contributed by atoms with van der Waals surface area (Å²) in [5, 5.41) is 0.523. The normalized spacial score (nSPS) is 20.0. The van der Waals surface area contributed by atoms with Gasteiger partial charge in [-0.15, -0.1) is 0 Å². The lowest BCUT2D eigenvalue weighted by atomic mass is 10.0. The fraction of sp³-hybridized carbons (Fsp3) is 0.474. The summed E-state index contributed by atoms with van der Waals surface area (Å²) in [5.74, 6) is 3.98. The maximum atomic E-state index is 6.28. The SMILES string of the molecule is COc1ccc(OC)c(C2CCCN2c2cc(Cl)nc(C3CC3)n2)c1. The minimum atomic E-state index is 0.197. The molecule has 1 aromatic carbocycles. The lowest BCUT2D eigenvalue weighted by molar-refractivity contribution is 0.395. The highest BCUT2D eigenvalue weighted by Gasteiger charge is 2.32. The van der Waals surface area contributed by atoms with Crippen molar-refractivity contribution in [2.24, 2.45) is 0 Å². The molecule has 132 valence electrons. The van der Waals surface area contributed by atoms with Crippen LogP contribution in [0.1, 0.15) is 49.0 Å². The molecule has 1 aliphatic carbocycles. The van der Waals surface area contributed by atoms with E-state index in [0.717, 1.165) is 60.9 Å². The van der Waals surface area contributed by atoms with Crippen LogP contribution in [0.2, 0.25) is 5.15 Å². The standard InChI is InChI=1S/C19H22ClN3O2/c1-24-13-7-8-16(25-2)14(10-13)15-4-3-9-23(15)18-11-17(20)21-19(22-18)12-5-6-12/h7-8,10-12,15H,3-6,9H2,1-2H3. The molecule has 4 rings (SSSR count). The van der Waals surface area contributed by atoms with Gasteiger partial charge in [-0.25, -0.2) is 9.97 Å². The number of nitrogens with zero attached hydrogens (tertiary/aromatic N) is 3. The van der Waals surface area contributed by atoms with Gasteiger partial charge in [0, 0.05) is 24.1 Å². The molecule has 1 aliphatic heterocycles. The fourth-order valence-corrected chi connectivity index (χ4v) is 3.74. The summed E-state index contributed by atoms with van der Waals surface area (Å²) in [6.07, 6.45) is 4.47. The first-order chi connectivity index (χ1) is 12.2. The Morgan fingerprint density at radius 3 is 2.64 bits per heavy atom. The van der Waals surface area contributed by atoms with E-state index in [1.54, 1.807) is 14.2 Å². The molecule has 1 saturated carbocycles. The number of hydrogen-bond acceptors (Lipinski definition) is 5. The molecule has 2 aliphatic rings. The zero-order valence-electron chi connectivity index (χ0n) is 14.5. The number of anilines is 1. The van der Waals surface area contributed by atoms with Gasteiger partial charge < -0.3 is 14.4 Å². The Balaban J connectivity index is 1.71. The third kappa shape index (κ3) is 3.25. The first-order valence-electron chi connectivity index (χ1n) is 8.72. The number of benzene rings is 1. The predicted octanol–water partition coefficient (Wildman–Crippen LogP) is 4.37. The van der Waals surface area contributed by atoms with Crippen molar-refractivity contribution in [1.29, 1.82) is 0 Å². The monoisotopic (exact) mass is 359 g/mol. The van der Waals surface area contributed by atoms with Gasteiger partial charge in [0.25, 0.3) is 0 Å². The van der Waals surface area contributed by atoms with Crippen LogP contribution in [0.4, 0.5) is 5.82 Å². The molecule has 2 aromatic rings. The van der Waals surface area contributed by atoms with Crippen molar-refractivity contribution < 1.29 is 9.47 Å². The van der Waals surface area contributed by atoms with Gasteiger partial charge in [-0.2, -0.15) is 0 Å². The van der Waals surface area contributed by atoms with E-state index < -0.39 is 0 Å². The minimum absolute atomic E-state index is 0.197. The van der Waals surface area contributed by atoms with Crippen LogP contribution in [-0.4, -0.2) is 30.7 Å². The van der Waals surface area contributed by atoms with Crippen LogP contribution in [0.25, 0.3) is 0 Å². The highest BCUT2D eigenvalue weighted by molar-refractivity contribution is 6.29. The van der Waals surface area contributed by atoms with Gasteiger partial charge in [-0.1, -0.05) is 11.6 Å². The second kappa shape index (κ2) is 6.71. The summed E-state index contributed by atoms with van der Waals surface area (Å²) in [5.41, 5.74) is 1.13. The summed E-state index contributed by atoms with van der Waals surface area (Å²) >= 11 is 6.28. The molecule has 25 heavy (non-hydrogen) atoms. The molecule has 1 aromatic heterocycles. The Labute approximate surface area is 152 Å². The zero-order valence-corrected chi connectivity index (χ0v) is 15.3. The van der Waals surface area contributed by atoms with Crippen molar-refractivity contribution in [3.8, 4) is 11.5 Å². The average molecular weight is 360 g/mol. The van der Waals surface area contributed by atoms with E-state index >= 15 is 0 Å². The van der Waals surface area contributed by atoms with Crippen LogP contribution in [-0.2, 0) is 0 Å². The number of methoxy groups -OCH3 is 2. The van der Waals surface area contributed by atoms with Crippen molar-refractivity contribution in [2.45, 2.75) is 37.6 Å². The molecule has 5 nitrogen and oxygen atoms in total. The molecule has 0 spiro atoms. The van der Waals surface area contributed by atoms with Crippen LogP contribution >= 0.6 is 11.6 Å². The number of ether oxygens (including phenoxy) is 2. The van der Waals surface area contributed by atoms with Crippen molar-refractivity contribution in [2.75, 3.05) is 25.7 Å². The maximum Gasteiger partial charge on any atom is 0.135 e. The predicted molar refractivity (Wildman–Crippen MR) is 97.9 cm³/mol. The lowest BCUT2D eigenvalue weighted by Gasteiger charge is -2.28. The zero-order chi connectivity index (χ0) is 17.4. The first kappa shape index (κ1) is 16.5. The molecule has 2 heterocycles. The Morgan fingerprint density at radius 1 is 1.08 bits per heavy atom. The van der Waals surface area contributed by atoms with Crippen LogP contribution in [0.15, 0.2) is 24.3 Å². The van der Waals surface area contributed by atoms with Gasteiger partial charge in [-0.3, -0.25) is 0 Å². The molecule has 1 unspecified atom stereocenters. The summed E-state index contributed by atoms with van der Waals surface area (Å²) in [6, 6.07) is 8.02. The molecule has 2 fully saturated rings. The molecular weight excluding hydrogens is 338 g/mol. The highest BCUT2D eigenvalue weighted by Crippen LogP contribution is 2.43. The van der Waals surface area contributed by atoms with E-state index in [0.29, 0.717) is 11.1 Å². The summed E-state index contributed by atoms with van der Waals surface area (Å²) in [6.45, 7) is 0.947. The third-order valence-electron chi connectivity index (χ3n) is 4.98. The summed E-state index contributed by atoms with van der Waals surface area (Å²) < 4.78 is 11.0. The largest absolute Gasteiger partial charge is 0.497 e. The smallest absolute Gasteiger partial charge is 0.135 e. The van der Waals surface area contributed by atoms with Crippen LogP contribution in [0.3, 0.4) is 0 Å². The van der Waals surface area contributed by atoms with E-state index in [1.807, 2.05) is 18.2 Å². The van der Waals surface area contributed by atoms with Crippen molar-refractivity contribution >= 4 is 17.4 Å². The number of rotatable bonds is 5. The summed E-state index contributed by atoms with van der Waals surface area (Å²) in [4.78, 5) is 11.5. The lowest BCUT2D eigenvalue weighted by Crippen LogP contribution is -2.24. The second-order valence-corrected chi connectivity index (χ2v) is 7.03. The molecule has 1 atom stereocenters. The van der Waals surface area contributed by atoms with Crippen LogP contribution in [0, 0.1) is 0 Å². The van der Waals surface area contributed by atoms with Crippen molar-refractivity contribution in [1.82, 2.24) is 9.97 Å². The molecule has 0 bridgehead atoms. The molecule has 6 heteroatoms. The third-order valence-corrected chi connectivity index (χ3v) is 5.18. The van der Waals surface area contributed by atoms with Gasteiger partial charge in [0.2, 0.25) is 0 Å². The highest BCUT2D eigenvalue weighted by atomic mass is 35.5. The van der Waals surface area contributed by atoms with E-state index in [1.165, 1.54) is 0 Å². The molecule has 0 radical (unpaired) electrons. The van der Waals surface area contributed by atoms with Gasteiger partial charge in [0.15, 0.2) is 0 Å². The van der Waals surface area contributed by atoms with E-state index in [4.69, 9.17) is 26.1 Å². The number of aromatic nitrogens is 2.